The molecule has 1 saturated carbocycles. The Balaban J connectivity index is 1.46. The summed E-state index contributed by atoms with van der Waals surface area (Å²) in [5.74, 6) is -4.51. The third kappa shape index (κ3) is 4.06. The minimum absolute atomic E-state index is 0.0258. The van der Waals surface area contributed by atoms with Crippen LogP contribution in [0.2, 0.25) is 5.02 Å². The second-order valence-electron chi connectivity index (χ2n) is 8.78. The van der Waals surface area contributed by atoms with E-state index in [-0.39, 0.29) is 29.8 Å². The number of piperidine rings is 1. The van der Waals surface area contributed by atoms with Crippen molar-refractivity contribution in [1.82, 2.24) is 19.9 Å². The number of rotatable bonds is 5. The van der Waals surface area contributed by atoms with Crippen molar-refractivity contribution >= 4 is 34.2 Å². The Morgan fingerprint density at radius 1 is 1.27 bits per heavy atom. The first-order valence-corrected chi connectivity index (χ1v) is 12.4. The van der Waals surface area contributed by atoms with Gasteiger partial charge in [0.25, 0.3) is 0 Å². The van der Waals surface area contributed by atoms with Crippen LogP contribution < -0.4 is 10.2 Å². The Morgan fingerprint density at radius 2 is 2.00 bits per heavy atom. The van der Waals surface area contributed by atoms with Gasteiger partial charge in [-0.25, -0.2) is 19.3 Å². The highest BCUT2D eigenvalue weighted by atomic mass is 35.5. The Labute approximate surface area is 195 Å². The van der Waals surface area contributed by atoms with Gasteiger partial charge in [0, 0.05) is 18.9 Å². The average molecular weight is 503 g/mol. The van der Waals surface area contributed by atoms with Crippen LogP contribution in [-0.2, 0) is 16.7 Å². The second kappa shape index (κ2) is 8.31. The van der Waals surface area contributed by atoms with Crippen molar-refractivity contribution in [3.8, 4) is 0 Å². The Hall–Kier alpha value is -2.05. The average Bonchev–Trinajstić information content (AvgIpc) is 2.99. The second-order valence-corrected chi connectivity index (χ2v) is 10.6. The molecule has 2 aromatic heterocycles. The molecule has 33 heavy (non-hydrogen) atoms. The first-order chi connectivity index (χ1) is 15.7. The molecule has 0 spiro atoms. The van der Waals surface area contributed by atoms with Crippen LogP contribution in [0.4, 0.5) is 24.9 Å². The summed E-state index contributed by atoms with van der Waals surface area (Å²) < 4.78 is 56.9. The molecule has 1 saturated heterocycles. The fourth-order valence-corrected chi connectivity index (χ4v) is 5.93. The molecule has 0 radical (unpaired) electrons. The molecule has 3 aliphatic rings. The molecule has 2 aromatic rings. The Morgan fingerprint density at radius 3 is 2.61 bits per heavy atom. The number of nitrogens with zero attached hydrogens (tertiary/aromatic N) is 5. The maximum atomic E-state index is 15.1. The van der Waals surface area contributed by atoms with Gasteiger partial charge >= 0.3 is 5.92 Å². The monoisotopic (exact) mass is 502 g/mol. The number of fused-ring (bicyclic) bond motifs is 1. The van der Waals surface area contributed by atoms with E-state index in [1.165, 1.54) is 17.3 Å². The van der Waals surface area contributed by atoms with Gasteiger partial charge in [0.2, 0.25) is 5.95 Å². The number of halogens is 4. The lowest BCUT2D eigenvalue weighted by Gasteiger charge is -2.42. The first-order valence-electron chi connectivity index (χ1n) is 10.7. The van der Waals surface area contributed by atoms with Gasteiger partial charge in [0.15, 0.2) is 0 Å². The fourth-order valence-electron chi connectivity index (χ4n) is 4.50. The molecular weight excluding hydrogens is 481 g/mol. The quantitative estimate of drug-likeness (QED) is 0.643. The molecule has 13 heteroatoms. The Kier molecular flexibility index (Phi) is 5.73. The number of hydrogen-bond donors (Lipinski definition) is 2. The zero-order valence-corrected chi connectivity index (χ0v) is 19.1. The van der Waals surface area contributed by atoms with E-state index in [1.807, 2.05) is 0 Å². The number of anilines is 2. The van der Waals surface area contributed by atoms with Crippen molar-refractivity contribution < 1.29 is 22.5 Å². The summed E-state index contributed by atoms with van der Waals surface area (Å²) in [6.45, 7) is -0.0348. The van der Waals surface area contributed by atoms with Crippen LogP contribution in [0.3, 0.4) is 0 Å². The standard InChI is InChI=1S/C20H22ClF3N6O2S/c21-11-6-25-16(26-7-11)12-2-5-30(8-13(12)22)18-27-15-14(33(32)10-20(15,23)24)17(28-18)29-19(9-31)3-1-4-19/h6-7,12-13,31H,1-5,8-10H2,(H,27,28,29)/t12?,13?,33-/m1/s1. The maximum absolute atomic E-state index is 15.1. The van der Waals surface area contributed by atoms with Gasteiger partial charge < -0.3 is 15.3 Å². The number of alkyl halides is 3. The lowest BCUT2D eigenvalue weighted by Crippen LogP contribution is -2.49. The van der Waals surface area contributed by atoms with Gasteiger partial charge in [-0.2, -0.15) is 13.8 Å². The van der Waals surface area contributed by atoms with E-state index in [0.717, 1.165) is 6.42 Å². The summed E-state index contributed by atoms with van der Waals surface area (Å²) in [5, 5.41) is 13.2. The largest absolute Gasteiger partial charge is 0.394 e. The molecule has 1 aliphatic carbocycles. The molecule has 2 aliphatic heterocycles. The van der Waals surface area contributed by atoms with Crippen LogP contribution in [0.1, 0.15) is 43.1 Å². The molecule has 2 N–H and O–H groups in total. The van der Waals surface area contributed by atoms with E-state index in [4.69, 9.17) is 11.6 Å². The lowest BCUT2D eigenvalue weighted by atomic mass is 9.77. The number of hydrogen-bond acceptors (Lipinski definition) is 8. The van der Waals surface area contributed by atoms with E-state index < -0.39 is 45.8 Å². The summed E-state index contributed by atoms with van der Waals surface area (Å²) in [7, 11) is -1.99. The van der Waals surface area contributed by atoms with E-state index in [2.05, 4.69) is 25.3 Å². The molecule has 0 bridgehead atoms. The Bertz CT molecular complexity index is 1080. The smallest absolute Gasteiger partial charge is 0.302 e. The van der Waals surface area contributed by atoms with Crippen molar-refractivity contribution in [3.05, 3.63) is 28.9 Å². The zero-order valence-electron chi connectivity index (χ0n) is 17.5. The number of aliphatic hydroxyl groups is 1. The van der Waals surface area contributed by atoms with Gasteiger partial charge in [0.1, 0.15) is 28.4 Å². The minimum Gasteiger partial charge on any atom is -0.394 e. The van der Waals surface area contributed by atoms with Gasteiger partial charge in [0.05, 0.1) is 46.2 Å². The highest BCUT2D eigenvalue weighted by Gasteiger charge is 2.50. The third-order valence-electron chi connectivity index (χ3n) is 6.53. The highest BCUT2D eigenvalue weighted by molar-refractivity contribution is 7.85. The van der Waals surface area contributed by atoms with Crippen LogP contribution in [0.5, 0.6) is 0 Å². The number of nitrogens with one attached hydrogen (secondary N) is 1. The summed E-state index contributed by atoms with van der Waals surface area (Å²) >= 11 is 5.81. The molecule has 0 amide bonds. The molecule has 8 nitrogen and oxygen atoms in total. The van der Waals surface area contributed by atoms with E-state index in [1.54, 1.807) is 0 Å². The van der Waals surface area contributed by atoms with Gasteiger partial charge in [-0.1, -0.05) is 11.6 Å². The van der Waals surface area contributed by atoms with Crippen molar-refractivity contribution in [3.63, 3.8) is 0 Å². The molecule has 3 atom stereocenters. The summed E-state index contributed by atoms with van der Waals surface area (Å²) in [5.41, 5.74) is -1.29. The highest BCUT2D eigenvalue weighted by Crippen LogP contribution is 2.45. The van der Waals surface area contributed by atoms with Crippen LogP contribution in [0, 0.1) is 0 Å². The third-order valence-corrected chi connectivity index (χ3v) is 8.20. The molecular formula is C20H22ClF3N6O2S. The molecule has 5 rings (SSSR count). The van der Waals surface area contributed by atoms with Gasteiger partial charge in [-0.05, 0) is 25.7 Å². The van der Waals surface area contributed by atoms with E-state index in [9.17, 15) is 18.1 Å². The van der Waals surface area contributed by atoms with E-state index in [0.29, 0.717) is 36.7 Å². The maximum Gasteiger partial charge on any atom is 0.302 e. The first kappa shape index (κ1) is 22.7. The summed E-state index contributed by atoms with van der Waals surface area (Å²) in [6.07, 6.45) is 3.91. The van der Waals surface area contributed by atoms with Gasteiger partial charge in [-0.3, -0.25) is 4.21 Å². The summed E-state index contributed by atoms with van der Waals surface area (Å²) in [6, 6.07) is 0. The van der Waals surface area contributed by atoms with Crippen molar-refractivity contribution in [2.45, 2.75) is 54.1 Å². The topological polar surface area (TPSA) is 104 Å². The number of aliphatic hydroxyl groups excluding tert-OH is 1. The molecule has 0 aromatic carbocycles. The van der Waals surface area contributed by atoms with Crippen LogP contribution in [0.15, 0.2) is 17.3 Å². The molecule has 178 valence electrons. The minimum atomic E-state index is -3.38. The predicted octanol–water partition coefficient (Wildman–Crippen LogP) is 2.79. The normalized spacial score (nSPS) is 27.7. The van der Waals surface area contributed by atoms with Crippen molar-refractivity contribution in [1.29, 1.82) is 0 Å². The number of aromatic nitrogens is 4. The van der Waals surface area contributed by atoms with Crippen molar-refractivity contribution in [2.75, 3.05) is 35.7 Å². The molecule has 2 fully saturated rings. The van der Waals surface area contributed by atoms with Crippen LogP contribution in [-0.4, -0.2) is 66.4 Å². The lowest BCUT2D eigenvalue weighted by molar-refractivity contribution is 0.0191. The fraction of sp³-hybridized carbons (Fsp3) is 0.600. The van der Waals surface area contributed by atoms with Crippen molar-refractivity contribution in [2.24, 2.45) is 0 Å². The van der Waals surface area contributed by atoms with Crippen LogP contribution in [0.25, 0.3) is 0 Å². The predicted molar refractivity (Wildman–Crippen MR) is 116 cm³/mol. The van der Waals surface area contributed by atoms with E-state index >= 15 is 4.39 Å². The molecule has 4 heterocycles. The van der Waals surface area contributed by atoms with Gasteiger partial charge in [-0.15, -0.1) is 0 Å². The zero-order chi connectivity index (χ0) is 23.4. The SMILES string of the molecule is O=[S@@]1CC(F)(F)c2nc(N3CCC(c4ncc(Cl)cn4)C(F)C3)nc(NC3(CO)CCC3)c21. The summed E-state index contributed by atoms with van der Waals surface area (Å²) in [4.78, 5) is 18.0. The molecule has 2 unspecified atom stereocenters. The van der Waals surface area contributed by atoms with Crippen LogP contribution >= 0.6 is 11.6 Å².